The van der Waals surface area contributed by atoms with E-state index >= 15 is 0 Å². The van der Waals surface area contributed by atoms with Crippen LogP contribution in [0.5, 0.6) is 0 Å². The average molecular weight is 442 g/mol. The Hall–Kier alpha value is -1.93. The van der Waals surface area contributed by atoms with E-state index < -0.39 is 74.5 Å². The third-order valence-corrected chi connectivity index (χ3v) is 5.11. The highest BCUT2D eigenvalue weighted by molar-refractivity contribution is 5.87. The van der Waals surface area contributed by atoms with Gasteiger partial charge < -0.3 is 49.6 Å². The third kappa shape index (κ3) is 5.47. The summed E-state index contributed by atoms with van der Waals surface area (Å²) in [5.41, 5.74) is -1.23. The number of rotatable bonds is 7. The molecule has 172 valence electrons. The Morgan fingerprint density at radius 2 is 1.87 bits per heavy atom. The maximum absolute atomic E-state index is 11.9. The quantitative estimate of drug-likeness (QED) is 0.195. The Bertz CT molecular complexity index is 757. The third-order valence-electron chi connectivity index (χ3n) is 5.11. The topological polar surface area (TPSA) is 175 Å². The lowest BCUT2D eigenvalue weighted by Gasteiger charge is -2.41. The molecule has 0 spiro atoms. The van der Waals surface area contributed by atoms with Crippen molar-refractivity contribution in [2.45, 2.75) is 48.7 Å². The Kier molecular flexibility index (Phi) is 7.75. The van der Waals surface area contributed by atoms with Crippen LogP contribution in [-0.4, -0.2) is 105 Å². The fraction of sp³-hybridized carbons (Fsp3) is 0.550. The van der Waals surface area contributed by atoms with Crippen molar-refractivity contribution < 1.29 is 54.4 Å². The van der Waals surface area contributed by atoms with Crippen LogP contribution in [0.25, 0.3) is 6.08 Å². The van der Waals surface area contributed by atoms with Crippen LogP contribution in [0.15, 0.2) is 36.4 Å². The first-order valence-electron chi connectivity index (χ1n) is 9.63. The molecular weight excluding hydrogens is 416 g/mol. The lowest BCUT2D eigenvalue weighted by molar-refractivity contribution is -0.319. The molecule has 11 nitrogen and oxygen atoms in total. The number of carbonyl (C=O) groups is 1. The number of aliphatic hydroxyl groups is 6. The second-order valence-corrected chi connectivity index (χ2v) is 7.41. The van der Waals surface area contributed by atoms with Crippen molar-refractivity contribution in [3.8, 4) is 0 Å². The second-order valence-electron chi connectivity index (χ2n) is 7.41. The smallest absolute Gasteiger partial charge is 0.330 e. The number of hydrogen-bond donors (Lipinski definition) is 6. The Morgan fingerprint density at radius 1 is 1.16 bits per heavy atom. The van der Waals surface area contributed by atoms with E-state index in [0.29, 0.717) is 0 Å². The molecule has 1 aromatic carbocycles. The number of aliphatic hydroxyl groups excluding tert-OH is 5. The van der Waals surface area contributed by atoms with Crippen LogP contribution in [-0.2, 0) is 23.7 Å². The molecule has 11 heteroatoms. The van der Waals surface area contributed by atoms with Crippen LogP contribution in [0.3, 0.4) is 0 Å². The summed E-state index contributed by atoms with van der Waals surface area (Å²) in [7, 11) is 0. The normalized spacial score (nSPS) is 38.5. The van der Waals surface area contributed by atoms with Gasteiger partial charge in [0.1, 0.15) is 37.1 Å². The van der Waals surface area contributed by atoms with Gasteiger partial charge in [-0.2, -0.15) is 0 Å². The number of benzene rings is 1. The molecular formula is C20H26O11. The molecule has 2 fully saturated rings. The van der Waals surface area contributed by atoms with Crippen LogP contribution in [0.2, 0.25) is 0 Å². The minimum absolute atomic E-state index is 0.462. The molecule has 31 heavy (non-hydrogen) atoms. The molecule has 0 aromatic heterocycles. The predicted octanol–water partition coefficient (Wildman–Crippen LogP) is -2.49. The number of carbonyl (C=O) groups excluding carboxylic acids is 1. The van der Waals surface area contributed by atoms with Crippen LogP contribution in [0.1, 0.15) is 5.56 Å². The molecule has 8 atom stereocenters. The monoisotopic (exact) mass is 442 g/mol. The highest BCUT2D eigenvalue weighted by Crippen LogP contribution is 2.30. The molecule has 6 N–H and O–H groups in total. The zero-order valence-electron chi connectivity index (χ0n) is 16.4. The molecule has 0 unspecified atom stereocenters. The summed E-state index contributed by atoms with van der Waals surface area (Å²) < 4.78 is 20.4. The largest absolute Gasteiger partial charge is 0.459 e. The molecule has 2 aliphatic rings. The molecule has 2 saturated heterocycles. The van der Waals surface area contributed by atoms with Gasteiger partial charge in [-0.1, -0.05) is 30.3 Å². The minimum Gasteiger partial charge on any atom is -0.459 e. The fourth-order valence-corrected chi connectivity index (χ4v) is 3.25. The highest BCUT2D eigenvalue weighted by atomic mass is 16.7. The van der Waals surface area contributed by atoms with Gasteiger partial charge in [-0.25, -0.2) is 4.79 Å². The first-order valence-corrected chi connectivity index (χ1v) is 9.63. The van der Waals surface area contributed by atoms with Gasteiger partial charge in [0.25, 0.3) is 0 Å². The first-order chi connectivity index (χ1) is 14.7. The predicted molar refractivity (Wildman–Crippen MR) is 102 cm³/mol. The summed E-state index contributed by atoms with van der Waals surface area (Å²) in [6, 6.07) is 8.99. The zero-order valence-corrected chi connectivity index (χ0v) is 16.4. The van der Waals surface area contributed by atoms with E-state index in [1.54, 1.807) is 24.3 Å². The summed E-state index contributed by atoms with van der Waals surface area (Å²) in [4.78, 5) is 11.9. The van der Waals surface area contributed by atoms with E-state index in [4.69, 9.17) is 18.9 Å². The van der Waals surface area contributed by atoms with E-state index in [1.807, 2.05) is 6.07 Å². The Morgan fingerprint density at radius 3 is 2.55 bits per heavy atom. The number of esters is 1. The zero-order chi connectivity index (χ0) is 22.6. The molecule has 0 saturated carbocycles. The van der Waals surface area contributed by atoms with Gasteiger partial charge >= 0.3 is 5.97 Å². The summed E-state index contributed by atoms with van der Waals surface area (Å²) in [6.45, 7) is -1.72. The molecule has 1 aromatic rings. The Balaban J connectivity index is 1.56. The fourth-order valence-electron chi connectivity index (χ4n) is 3.25. The standard InChI is InChI=1S/C20H26O11/c21-8-12-14(23)16(15(24)18(26)30-12)31-19-17(25)20(27,10-29-19)9-28-13(22)7-6-11-4-2-1-3-5-11/h1-7,12,14-19,21,23-27H,8-10H2/b7-6+/t12-,14-,15-,16+,17+,18+,19+,20-/m1/s1. The van der Waals surface area contributed by atoms with E-state index in [1.165, 1.54) is 12.2 Å². The number of ether oxygens (including phenoxy) is 4. The van der Waals surface area contributed by atoms with Gasteiger partial charge in [-0.15, -0.1) is 0 Å². The van der Waals surface area contributed by atoms with Crippen LogP contribution in [0, 0.1) is 0 Å². The van der Waals surface area contributed by atoms with Crippen molar-refractivity contribution in [2.24, 2.45) is 0 Å². The second kappa shape index (κ2) is 10.1. The minimum atomic E-state index is -2.00. The average Bonchev–Trinajstić information content (AvgIpc) is 3.05. The first kappa shape index (κ1) is 23.7. The van der Waals surface area contributed by atoms with Crippen molar-refractivity contribution in [3.63, 3.8) is 0 Å². The van der Waals surface area contributed by atoms with Gasteiger partial charge in [0, 0.05) is 6.08 Å². The van der Waals surface area contributed by atoms with E-state index in [0.717, 1.165) is 5.56 Å². The van der Waals surface area contributed by atoms with Crippen molar-refractivity contribution in [1.29, 1.82) is 0 Å². The van der Waals surface area contributed by atoms with Gasteiger partial charge in [-0.05, 0) is 11.6 Å². The molecule has 0 bridgehead atoms. The molecule has 0 amide bonds. The summed E-state index contributed by atoms with van der Waals surface area (Å²) in [5, 5.41) is 60.1. The molecule has 2 heterocycles. The van der Waals surface area contributed by atoms with E-state index in [2.05, 4.69) is 0 Å². The van der Waals surface area contributed by atoms with Gasteiger partial charge in [-0.3, -0.25) is 0 Å². The lowest BCUT2D eigenvalue weighted by atomic mass is 9.98. The van der Waals surface area contributed by atoms with Crippen molar-refractivity contribution in [3.05, 3.63) is 42.0 Å². The Labute approximate surface area is 177 Å². The van der Waals surface area contributed by atoms with Crippen LogP contribution in [0.4, 0.5) is 0 Å². The SMILES string of the molecule is O=C(/C=C/c1ccccc1)OC[C@@]1(O)CO[C@@H](O[C@@H]2[C@@H](O)[C@@H](O)O[C@H](CO)[C@H]2O)[C@@H]1O. The van der Waals surface area contributed by atoms with Crippen molar-refractivity contribution in [1.82, 2.24) is 0 Å². The molecule has 2 aliphatic heterocycles. The van der Waals surface area contributed by atoms with E-state index in [-0.39, 0.29) is 0 Å². The van der Waals surface area contributed by atoms with E-state index in [9.17, 15) is 35.4 Å². The van der Waals surface area contributed by atoms with Crippen molar-refractivity contribution >= 4 is 12.0 Å². The van der Waals surface area contributed by atoms with Crippen molar-refractivity contribution in [2.75, 3.05) is 19.8 Å². The van der Waals surface area contributed by atoms with Gasteiger partial charge in [0.15, 0.2) is 18.2 Å². The molecule has 0 aliphatic carbocycles. The summed E-state index contributed by atoms with van der Waals surface area (Å²) in [6.07, 6.45) is -8.25. The maximum Gasteiger partial charge on any atom is 0.330 e. The highest BCUT2D eigenvalue weighted by Gasteiger charge is 2.53. The molecule has 0 radical (unpaired) electrons. The van der Waals surface area contributed by atoms with Crippen LogP contribution >= 0.6 is 0 Å². The summed E-state index contributed by atoms with van der Waals surface area (Å²) >= 11 is 0. The van der Waals surface area contributed by atoms with Gasteiger partial charge in [0.2, 0.25) is 0 Å². The lowest BCUT2D eigenvalue weighted by Crippen LogP contribution is -2.61. The maximum atomic E-state index is 11.9. The number of hydrogen-bond acceptors (Lipinski definition) is 11. The molecule has 3 rings (SSSR count). The summed E-state index contributed by atoms with van der Waals surface area (Å²) in [5.74, 6) is -0.752. The van der Waals surface area contributed by atoms with Gasteiger partial charge in [0.05, 0.1) is 13.2 Å². The van der Waals surface area contributed by atoms with Crippen LogP contribution < -0.4 is 0 Å².